The van der Waals surface area contributed by atoms with Crippen molar-refractivity contribution in [2.75, 3.05) is 33.0 Å². The number of hydrogen-bond donors (Lipinski definition) is 2. The van der Waals surface area contributed by atoms with Crippen LogP contribution in [0.15, 0.2) is 0 Å². The molecule has 1 saturated heterocycles. The number of ether oxygens (including phenoxy) is 2. The second-order valence-corrected chi connectivity index (χ2v) is 3.94. The van der Waals surface area contributed by atoms with Crippen LogP contribution in [0.1, 0.15) is 26.2 Å². The predicted octanol–water partition coefficient (Wildman–Crippen LogP) is 0.542. The number of rotatable bonds is 8. The lowest BCUT2D eigenvalue weighted by Crippen LogP contribution is -2.33. The number of hydrogen-bond acceptors (Lipinski definition) is 4. The lowest BCUT2D eigenvalue weighted by Gasteiger charge is -2.15. The molecule has 1 aliphatic heterocycles. The van der Waals surface area contributed by atoms with Gasteiger partial charge in [0.1, 0.15) is 0 Å². The Labute approximate surface area is 92.0 Å². The van der Waals surface area contributed by atoms with Gasteiger partial charge in [0.2, 0.25) is 0 Å². The molecule has 4 nitrogen and oxygen atoms in total. The monoisotopic (exact) mass is 217 g/mol. The first-order chi connectivity index (χ1) is 7.36. The summed E-state index contributed by atoms with van der Waals surface area (Å²) >= 11 is 0. The Morgan fingerprint density at radius 3 is 3.07 bits per heavy atom. The van der Waals surface area contributed by atoms with E-state index in [9.17, 15) is 0 Å². The van der Waals surface area contributed by atoms with Crippen LogP contribution in [-0.2, 0) is 9.47 Å². The van der Waals surface area contributed by atoms with Crippen molar-refractivity contribution in [3.05, 3.63) is 0 Å². The zero-order valence-electron chi connectivity index (χ0n) is 9.58. The molecular weight excluding hydrogens is 194 g/mol. The van der Waals surface area contributed by atoms with Gasteiger partial charge in [0, 0.05) is 19.3 Å². The first-order valence-electron chi connectivity index (χ1n) is 5.90. The second-order valence-electron chi connectivity index (χ2n) is 3.94. The molecule has 2 N–H and O–H groups in total. The van der Waals surface area contributed by atoms with Gasteiger partial charge in [0.15, 0.2) is 0 Å². The maximum absolute atomic E-state index is 9.03. The van der Waals surface area contributed by atoms with Crippen LogP contribution in [0.3, 0.4) is 0 Å². The third kappa shape index (κ3) is 5.47. The predicted molar refractivity (Wildman–Crippen MR) is 59.0 cm³/mol. The van der Waals surface area contributed by atoms with E-state index in [1.807, 2.05) is 6.92 Å². The summed E-state index contributed by atoms with van der Waals surface area (Å²) in [7, 11) is 0. The van der Waals surface area contributed by atoms with Gasteiger partial charge in [-0.2, -0.15) is 0 Å². The maximum atomic E-state index is 9.03. The molecule has 0 aromatic carbocycles. The topological polar surface area (TPSA) is 50.7 Å². The molecule has 0 saturated carbocycles. The molecule has 1 heterocycles. The van der Waals surface area contributed by atoms with E-state index in [0.29, 0.717) is 19.3 Å². The molecule has 90 valence electrons. The zero-order chi connectivity index (χ0) is 10.9. The molecule has 1 rings (SSSR count). The lowest BCUT2D eigenvalue weighted by molar-refractivity contribution is 0.0132. The van der Waals surface area contributed by atoms with Gasteiger partial charge in [-0.05, 0) is 25.8 Å². The van der Waals surface area contributed by atoms with Gasteiger partial charge >= 0.3 is 0 Å². The van der Waals surface area contributed by atoms with E-state index in [1.165, 1.54) is 0 Å². The average Bonchev–Trinajstić information content (AvgIpc) is 2.75. The van der Waals surface area contributed by atoms with E-state index in [-0.39, 0.29) is 12.6 Å². The molecule has 0 bridgehead atoms. The summed E-state index contributed by atoms with van der Waals surface area (Å²) in [6.45, 7) is 5.37. The molecule has 2 unspecified atom stereocenters. The molecule has 0 spiro atoms. The van der Waals surface area contributed by atoms with Crippen LogP contribution >= 0.6 is 0 Å². The van der Waals surface area contributed by atoms with E-state index in [4.69, 9.17) is 14.6 Å². The van der Waals surface area contributed by atoms with E-state index in [1.54, 1.807) is 0 Å². The van der Waals surface area contributed by atoms with Crippen LogP contribution in [-0.4, -0.2) is 50.2 Å². The average molecular weight is 217 g/mol. The summed E-state index contributed by atoms with van der Waals surface area (Å²) in [4.78, 5) is 0. The molecule has 0 aliphatic carbocycles. The van der Waals surface area contributed by atoms with Crippen LogP contribution in [0.2, 0.25) is 0 Å². The van der Waals surface area contributed by atoms with Gasteiger partial charge in [-0.1, -0.05) is 6.92 Å². The highest BCUT2D eigenvalue weighted by atomic mass is 16.5. The standard InChI is InChI=1S/C11H23NO3/c1-2-12-10(8-13)5-7-14-9-11-4-3-6-15-11/h10-13H,2-9H2,1H3. The van der Waals surface area contributed by atoms with Crippen molar-refractivity contribution in [2.24, 2.45) is 0 Å². The fraction of sp³-hybridized carbons (Fsp3) is 1.00. The maximum Gasteiger partial charge on any atom is 0.0809 e. The van der Waals surface area contributed by atoms with Crippen molar-refractivity contribution in [2.45, 2.75) is 38.3 Å². The van der Waals surface area contributed by atoms with Crippen molar-refractivity contribution < 1.29 is 14.6 Å². The molecule has 4 heteroatoms. The number of nitrogens with one attached hydrogen (secondary N) is 1. The molecule has 1 fully saturated rings. The van der Waals surface area contributed by atoms with Crippen LogP contribution in [0, 0.1) is 0 Å². The fourth-order valence-corrected chi connectivity index (χ4v) is 1.76. The third-order valence-corrected chi connectivity index (χ3v) is 2.65. The molecule has 0 amide bonds. The minimum absolute atomic E-state index is 0.166. The van der Waals surface area contributed by atoms with Crippen LogP contribution in [0.5, 0.6) is 0 Å². The van der Waals surface area contributed by atoms with E-state index in [2.05, 4.69) is 5.32 Å². The van der Waals surface area contributed by atoms with E-state index < -0.39 is 0 Å². The summed E-state index contributed by atoms with van der Waals surface area (Å²) in [5, 5.41) is 12.2. The van der Waals surface area contributed by atoms with Crippen molar-refractivity contribution in [3.63, 3.8) is 0 Å². The fourth-order valence-electron chi connectivity index (χ4n) is 1.76. The van der Waals surface area contributed by atoms with Gasteiger partial charge in [-0.15, -0.1) is 0 Å². The van der Waals surface area contributed by atoms with Gasteiger partial charge in [-0.3, -0.25) is 0 Å². The SMILES string of the molecule is CCNC(CO)CCOCC1CCCO1. The number of aliphatic hydroxyl groups excluding tert-OH is 1. The smallest absolute Gasteiger partial charge is 0.0809 e. The Morgan fingerprint density at radius 1 is 1.60 bits per heavy atom. The van der Waals surface area contributed by atoms with Gasteiger partial charge in [0.25, 0.3) is 0 Å². The summed E-state index contributed by atoms with van der Waals surface area (Å²) < 4.78 is 11.0. The van der Waals surface area contributed by atoms with E-state index in [0.717, 1.165) is 32.4 Å². The summed E-state index contributed by atoms with van der Waals surface area (Å²) in [5.74, 6) is 0. The summed E-state index contributed by atoms with van der Waals surface area (Å²) in [6, 6.07) is 0.166. The number of likely N-dealkylation sites (N-methyl/N-ethyl adjacent to an activating group) is 1. The van der Waals surface area contributed by atoms with Crippen molar-refractivity contribution in [3.8, 4) is 0 Å². The quantitative estimate of drug-likeness (QED) is 0.583. The molecule has 0 aromatic rings. The Morgan fingerprint density at radius 2 is 2.47 bits per heavy atom. The van der Waals surface area contributed by atoms with Crippen molar-refractivity contribution >= 4 is 0 Å². The summed E-state index contributed by atoms with van der Waals surface area (Å²) in [6.07, 6.45) is 3.44. The lowest BCUT2D eigenvalue weighted by atomic mass is 10.2. The van der Waals surface area contributed by atoms with Gasteiger partial charge < -0.3 is 19.9 Å². The van der Waals surface area contributed by atoms with Crippen LogP contribution in [0.25, 0.3) is 0 Å². The minimum atomic E-state index is 0.166. The highest BCUT2D eigenvalue weighted by molar-refractivity contribution is 4.65. The largest absolute Gasteiger partial charge is 0.395 e. The molecular formula is C11H23NO3. The highest BCUT2D eigenvalue weighted by Crippen LogP contribution is 2.11. The Balaban J connectivity index is 1.94. The van der Waals surface area contributed by atoms with E-state index >= 15 is 0 Å². The molecule has 0 radical (unpaired) electrons. The first kappa shape index (κ1) is 12.9. The van der Waals surface area contributed by atoms with Gasteiger partial charge in [0.05, 0.1) is 19.3 Å². The minimum Gasteiger partial charge on any atom is -0.395 e. The summed E-state index contributed by atoms with van der Waals surface area (Å²) in [5.41, 5.74) is 0. The van der Waals surface area contributed by atoms with Crippen molar-refractivity contribution in [1.82, 2.24) is 5.32 Å². The second kappa shape index (κ2) is 8.05. The van der Waals surface area contributed by atoms with Crippen LogP contribution < -0.4 is 5.32 Å². The van der Waals surface area contributed by atoms with Crippen LogP contribution in [0.4, 0.5) is 0 Å². The Bertz CT molecular complexity index is 149. The Hall–Kier alpha value is -0.160. The normalized spacial score (nSPS) is 23.2. The Kier molecular flexibility index (Phi) is 6.92. The number of aliphatic hydroxyl groups is 1. The third-order valence-electron chi connectivity index (χ3n) is 2.65. The van der Waals surface area contributed by atoms with Crippen molar-refractivity contribution in [1.29, 1.82) is 0 Å². The first-order valence-corrected chi connectivity index (χ1v) is 5.90. The zero-order valence-corrected chi connectivity index (χ0v) is 9.58. The molecule has 1 aliphatic rings. The molecule has 2 atom stereocenters. The molecule has 15 heavy (non-hydrogen) atoms. The highest BCUT2D eigenvalue weighted by Gasteiger charge is 2.15. The molecule has 0 aromatic heterocycles. The van der Waals surface area contributed by atoms with Gasteiger partial charge in [-0.25, -0.2) is 0 Å².